The summed E-state index contributed by atoms with van der Waals surface area (Å²) in [5.41, 5.74) is 1.31. The van der Waals surface area contributed by atoms with E-state index >= 15 is 0 Å². The highest BCUT2D eigenvalue weighted by Gasteiger charge is 2.36. The fourth-order valence-electron chi connectivity index (χ4n) is 4.28. The number of aromatic hydroxyl groups is 1. The molecule has 214 valence electrons. The minimum atomic E-state index is -0.962. The van der Waals surface area contributed by atoms with E-state index in [0.29, 0.717) is 24.1 Å². The van der Waals surface area contributed by atoms with Crippen molar-refractivity contribution in [3.63, 3.8) is 0 Å². The Morgan fingerprint density at radius 2 is 1.67 bits per heavy atom. The van der Waals surface area contributed by atoms with Crippen LogP contribution in [0.2, 0.25) is 0 Å². The van der Waals surface area contributed by atoms with Crippen LogP contribution in [0, 0.1) is 6.92 Å². The summed E-state index contributed by atoms with van der Waals surface area (Å²) in [4.78, 5) is 42.4. The molecule has 3 amide bonds. The molecule has 0 aliphatic rings. The van der Waals surface area contributed by atoms with E-state index < -0.39 is 23.8 Å². The van der Waals surface area contributed by atoms with Crippen molar-refractivity contribution in [1.82, 2.24) is 15.5 Å². The molecule has 0 bridgehead atoms. The number of rotatable bonds is 12. The van der Waals surface area contributed by atoms with E-state index in [1.807, 2.05) is 44.2 Å². The summed E-state index contributed by atoms with van der Waals surface area (Å²) in [6, 6.07) is 12.3. The van der Waals surface area contributed by atoms with Gasteiger partial charge in [0.1, 0.15) is 23.4 Å². The fourth-order valence-corrected chi connectivity index (χ4v) is 4.28. The minimum absolute atomic E-state index is 0.110. The summed E-state index contributed by atoms with van der Waals surface area (Å²) in [5.74, 6) is -0.592. The number of benzene rings is 2. The molecule has 8 nitrogen and oxygen atoms in total. The lowest BCUT2D eigenvalue weighted by Gasteiger charge is -2.35. The lowest BCUT2D eigenvalue weighted by molar-refractivity contribution is -0.142. The van der Waals surface area contributed by atoms with E-state index in [1.165, 1.54) is 6.07 Å². The number of phenolic OH excluding ortho intramolecular Hbond substituents is 1. The molecule has 2 unspecified atom stereocenters. The molecule has 39 heavy (non-hydrogen) atoms. The summed E-state index contributed by atoms with van der Waals surface area (Å²) in [5, 5.41) is 15.9. The first kappa shape index (κ1) is 31.7. The number of nitrogens with zero attached hydrogens (tertiary/aromatic N) is 1. The van der Waals surface area contributed by atoms with Crippen LogP contribution in [-0.2, 0) is 20.7 Å². The molecule has 2 aromatic rings. The molecule has 0 saturated heterocycles. The molecule has 0 heterocycles. The largest absolute Gasteiger partial charge is 0.508 e. The number of phenols is 1. The first-order chi connectivity index (χ1) is 18.3. The number of unbranched alkanes of at least 4 members (excludes halogenated alkanes) is 2. The van der Waals surface area contributed by atoms with Crippen LogP contribution in [0.5, 0.6) is 5.75 Å². The second-order valence-electron chi connectivity index (χ2n) is 11.2. The van der Waals surface area contributed by atoms with E-state index in [1.54, 1.807) is 44.7 Å². The number of carbonyl (C=O) groups is 3. The van der Waals surface area contributed by atoms with Gasteiger partial charge in [0, 0.05) is 19.0 Å². The van der Waals surface area contributed by atoms with Gasteiger partial charge >= 0.3 is 6.09 Å². The first-order valence-electron chi connectivity index (χ1n) is 13.8. The third kappa shape index (κ3) is 10.3. The van der Waals surface area contributed by atoms with E-state index in [2.05, 4.69) is 17.6 Å². The average molecular weight is 540 g/mol. The number of aryl methyl sites for hydroxylation is 1. The summed E-state index contributed by atoms with van der Waals surface area (Å²) in [6.07, 6.45) is 2.03. The molecule has 8 heteroatoms. The number of nitrogens with one attached hydrogen (secondary N) is 2. The standard InChI is InChI=1S/C31H45N3O5/c1-8-9-13-18-34(27(28(36)32-21(2)3)24-16-17-26(35)22(4)19-24)29(37)25(20-23-14-11-10-12-15-23)33-30(38)39-31(5,6)7/h10-12,14-17,19,21,25,27,35H,8-9,13,18,20H2,1-7H3,(H,32,36)(H,33,38). The highest BCUT2D eigenvalue weighted by atomic mass is 16.6. The molecule has 3 N–H and O–H groups in total. The Bertz CT molecular complexity index is 1100. The molecule has 2 atom stereocenters. The van der Waals surface area contributed by atoms with Gasteiger partial charge in [-0.05, 0) is 76.8 Å². The second-order valence-corrected chi connectivity index (χ2v) is 11.2. The Morgan fingerprint density at radius 1 is 1.00 bits per heavy atom. The quantitative estimate of drug-likeness (QED) is 0.312. The van der Waals surface area contributed by atoms with Crippen LogP contribution in [0.3, 0.4) is 0 Å². The Hall–Kier alpha value is -3.55. The maximum Gasteiger partial charge on any atom is 0.408 e. The molecule has 0 aliphatic carbocycles. The van der Waals surface area contributed by atoms with Gasteiger partial charge in [-0.25, -0.2) is 4.79 Å². The first-order valence-corrected chi connectivity index (χ1v) is 13.8. The number of alkyl carbamates (subject to hydrolysis) is 1. The third-order valence-electron chi connectivity index (χ3n) is 6.08. The Labute approximate surface area is 233 Å². The van der Waals surface area contributed by atoms with Crippen LogP contribution < -0.4 is 10.6 Å². The molecule has 0 radical (unpaired) electrons. The molecule has 2 rings (SSSR count). The van der Waals surface area contributed by atoms with Gasteiger partial charge < -0.3 is 25.4 Å². The van der Waals surface area contributed by atoms with Gasteiger partial charge in [0.05, 0.1) is 0 Å². The number of amides is 3. The van der Waals surface area contributed by atoms with Crippen LogP contribution in [0.25, 0.3) is 0 Å². The van der Waals surface area contributed by atoms with Crippen molar-refractivity contribution in [2.75, 3.05) is 6.54 Å². The van der Waals surface area contributed by atoms with Gasteiger partial charge in [-0.2, -0.15) is 0 Å². The van der Waals surface area contributed by atoms with Gasteiger partial charge in [-0.15, -0.1) is 0 Å². The van der Waals surface area contributed by atoms with Crippen LogP contribution in [0.15, 0.2) is 48.5 Å². The minimum Gasteiger partial charge on any atom is -0.508 e. The Balaban J connectivity index is 2.57. The lowest BCUT2D eigenvalue weighted by atomic mass is 9.98. The number of hydrogen-bond acceptors (Lipinski definition) is 5. The summed E-state index contributed by atoms with van der Waals surface area (Å²) < 4.78 is 5.48. The van der Waals surface area contributed by atoms with Crippen molar-refractivity contribution in [2.45, 2.75) is 97.9 Å². The second kappa shape index (κ2) is 14.6. The molecule has 0 fully saturated rings. The Kier molecular flexibility index (Phi) is 11.8. The smallest absolute Gasteiger partial charge is 0.408 e. The zero-order valence-electron chi connectivity index (χ0n) is 24.4. The van der Waals surface area contributed by atoms with Crippen LogP contribution >= 0.6 is 0 Å². The maximum atomic E-state index is 14.3. The van der Waals surface area contributed by atoms with Crippen molar-refractivity contribution >= 4 is 17.9 Å². The number of hydrogen-bond donors (Lipinski definition) is 3. The van der Waals surface area contributed by atoms with Crippen molar-refractivity contribution < 1.29 is 24.2 Å². The monoisotopic (exact) mass is 539 g/mol. The van der Waals surface area contributed by atoms with Gasteiger partial charge in [-0.3, -0.25) is 9.59 Å². The van der Waals surface area contributed by atoms with E-state index in [4.69, 9.17) is 4.74 Å². The van der Waals surface area contributed by atoms with Gasteiger partial charge in [0.2, 0.25) is 11.8 Å². The van der Waals surface area contributed by atoms with Crippen molar-refractivity contribution in [1.29, 1.82) is 0 Å². The van der Waals surface area contributed by atoms with Crippen LogP contribution in [0.1, 0.15) is 83.5 Å². The molecular weight excluding hydrogens is 494 g/mol. The van der Waals surface area contributed by atoms with E-state index in [0.717, 1.165) is 18.4 Å². The van der Waals surface area contributed by atoms with Gasteiger partial charge in [0.25, 0.3) is 0 Å². The molecule has 0 saturated carbocycles. The van der Waals surface area contributed by atoms with Gasteiger partial charge in [-0.1, -0.05) is 56.2 Å². The summed E-state index contributed by atoms with van der Waals surface area (Å²) in [7, 11) is 0. The Morgan fingerprint density at radius 3 is 2.23 bits per heavy atom. The highest BCUT2D eigenvalue weighted by molar-refractivity contribution is 5.92. The van der Waals surface area contributed by atoms with Crippen molar-refractivity contribution in [2.24, 2.45) is 0 Å². The third-order valence-corrected chi connectivity index (χ3v) is 6.08. The zero-order chi connectivity index (χ0) is 29.2. The van der Waals surface area contributed by atoms with E-state index in [-0.39, 0.29) is 30.0 Å². The highest BCUT2D eigenvalue weighted by Crippen LogP contribution is 2.28. The lowest BCUT2D eigenvalue weighted by Crippen LogP contribution is -2.54. The molecular formula is C31H45N3O5. The predicted octanol–water partition coefficient (Wildman–Crippen LogP) is 5.42. The molecule has 2 aromatic carbocycles. The SMILES string of the molecule is CCCCCN(C(=O)C(Cc1ccccc1)NC(=O)OC(C)(C)C)C(C(=O)NC(C)C)c1ccc(O)c(C)c1. The van der Waals surface area contributed by atoms with Crippen LogP contribution in [0.4, 0.5) is 4.79 Å². The summed E-state index contributed by atoms with van der Waals surface area (Å²) in [6.45, 7) is 13.2. The van der Waals surface area contributed by atoms with Crippen LogP contribution in [-0.4, -0.2) is 52.1 Å². The average Bonchev–Trinajstić information content (AvgIpc) is 2.83. The van der Waals surface area contributed by atoms with Gasteiger partial charge in [0.15, 0.2) is 0 Å². The molecule has 0 spiro atoms. The number of carbonyl (C=O) groups excluding carboxylic acids is 3. The maximum absolute atomic E-state index is 14.3. The molecule has 0 aromatic heterocycles. The predicted molar refractivity (Wildman–Crippen MR) is 153 cm³/mol. The van der Waals surface area contributed by atoms with E-state index in [9.17, 15) is 19.5 Å². The number of ether oxygens (including phenoxy) is 1. The molecule has 0 aliphatic heterocycles. The van der Waals surface area contributed by atoms with Crippen molar-refractivity contribution in [3.05, 3.63) is 65.2 Å². The topological polar surface area (TPSA) is 108 Å². The fraction of sp³-hybridized carbons (Fsp3) is 0.516. The zero-order valence-corrected chi connectivity index (χ0v) is 24.4. The van der Waals surface area contributed by atoms with Crippen molar-refractivity contribution in [3.8, 4) is 5.75 Å². The summed E-state index contributed by atoms with van der Waals surface area (Å²) >= 11 is 0. The normalized spacial score (nSPS) is 12.9.